The van der Waals surface area contributed by atoms with E-state index in [2.05, 4.69) is 15.3 Å². The highest BCUT2D eigenvalue weighted by Gasteiger charge is 2.24. The van der Waals surface area contributed by atoms with Crippen molar-refractivity contribution in [3.8, 4) is 0 Å². The Morgan fingerprint density at radius 3 is 2.56 bits per heavy atom. The monoisotopic (exact) mass is 286 g/mol. The first-order valence-corrected chi connectivity index (χ1v) is 7.79. The van der Waals surface area contributed by atoms with Crippen molar-refractivity contribution in [2.24, 2.45) is 5.73 Å². The van der Waals surface area contributed by atoms with Crippen LogP contribution in [0.2, 0.25) is 0 Å². The Morgan fingerprint density at radius 1 is 1.33 bits per heavy atom. The first-order valence-electron chi connectivity index (χ1n) is 5.56. The maximum Gasteiger partial charge on any atom is 0.155 e. The fourth-order valence-electron chi connectivity index (χ4n) is 1.85. The zero-order valence-electron chi connectivity index (χ0n) is 9.67. The van der Waals surface area contributed by atoms with Crippen LogP contribution in [0.4, 0.5) is 5.82 Å². The summed E-state index contributed by atoms with van der Waals surface area (Å²) in [5, 5.41) is 3.16. The smallest absolute Gasteiger partial charge is 0.155 e. The number of aromatic nitrogens is 2. The third kappa shape index (κ3) is 3.14. The molecule has 0 radical (unpaired) electrons. The lowest BCUT2D eigenvalue weighted by molar-refractivity contribution is 0.559. The molecule has 1 aliphatic rings. The van der Waals surface area contributed by atoms with Crippen LogP contribution >= 0.6 is 12.2 Å². The maximum absolute atomic E-state index is 11.3. The van der Waals surface area contributed by atoms with E-state index < -0.39 is 9.84 Å². The van der Waals surface area contributed by atoms with Gasteiger partial charge in [0.2, 0.25) is 0 Å². The molecule has 0 aliphatic carbocycles. The minimum absolute atomic E-state index is 0.0679. The Balaban J connectivity index is 2.09. The maximum atomic E-state index is 11.3. The Labute approximate surface area is 111 Å². The molecule has 2 rings (SSSR count). The molecular formula is C10H14N4O2S2. The normalized spacial score (nSPS) is 19.3. The fraction of sp³-hybridized carbons (Fsp3) is 0.500. The number of anilines is 1. The van der Waals surface area contributed by atoms with E-state index in [1.165, 1.54) is 6.20 Å². The van der Waals surface area contributed by atoms with Gasteiger partial charge in [0.1, 0.15) is 20.5 Å². The Hall–Kier alpha value is -1.28. The van der Waals surface area contributed by atoms with E-state index in [0.29, 0.717) is 24.4 Å². The van der Waals surface area contributed by atoms with Gasteiger partial charge in [-0.3, -0.25) is 0 Å². The van der Waals surface area contributed by atoms with Gasteiger partial charge in [0, 0.05) is 18.4 Å². The molecule has 0 saturated carbocycles. The number of nitrogens with two attached hydrogens (primary N) is 1. The molecule has 98 valence electrons. The first kappa shape index (κ1) is 13.2. The van der Waals surface area contributed by atoms with Gasteiger partial charge in [-0.25, -0.2) is 18.4 Å². The fourth-order valence-corrected chi connectivity index (χ4v) is 3.49. The van der Waals surface area contributed by atoms with Crippen LogP contribution in [0, 0.1) is 0 Å². The van der Waals surface area contributed by atoms with Crippen molar-refractivity contribution in [3.63, 3.8) is 0 Å². The van der Waals surface area contributed by atoms with Crippen molar-refractivity contribution in [2.75, 3.05) is 16.8 Å². The molecule has 1 saturated heterocycles. The lowest BCUT2D eigenvalue weighted by atomic mass is 10.1. The van der Waals surface area contributed by atoms with E-state index in [9.17, 15) is 8.42 Å². The summed E-state index contributed by atoms with van der Waals surface area (Å²) in [6.45, 7) is 0. The number of sulfone groups is 1. The van der Waals surface area contributed by atoms with Crippen LogP contribution in [0.1, 0.15) is 18.5 Å². The Morgan fingerprint density at radius 2 is 1.94 bits per heavy atom. The lowest BCUT2D eigenvalue weighted by Crippen LogP contribution is -2.33. The summed E-state index contributed by atoms with van der Waals surface area (Å²) in [5.74, 6) is 0.926. The van der Waals surface area contributed by atoms with Gasteiger partial charge in [0.05, 0.1) is 11.5 Å². The number of hydrogen-bond donors (Lipinski definition) is 2. The standard InChI is InChI=1S/C10H14N4O2S2/c11-9(17)8-10(13-4-3-12-8)14-7-1-5-18(15,16)6-2-7/h3-4,7H,1-2,5-6H2,(H2,11,17)(H,13,14). The molecule has 2 heterocycles. The first-order chi connectivity index (χ1) is 8.48. The van der Waals surface area contributed by atoms with Crippen molar-refractivity contribution in [1.29, 1.82) is 0 Å². The van der Waals surface area contributed by atoms with E-state index in [-0.39, 0.29) is 22.5 Å². The minimum atomic E-state index is -2.86. The van der Waals surface area contributed by atoms with Gasteiger partial charge in [-0.15, -0.1) is 0 Å². The van der Waals surface area contributed by atoms with E-state index >= 15 is 0 Å². The third-order valence-electron chi connectivity index (χ3n) is 2.83. The number of nitrogens with zero attached hydrogens (tertiary/aromatic N) is 2. The highest BCUT2D eigenvalue weighted by Crippen LogP contribution is 2.18. The van der Waals surface area contributed by atoms with Crippen molar-refractivity contribution in [1.82, 2.24) is 9.97 Å². The number of nitrogens with one attached hydrogen (secondary N) is 1. The summed E-state index contributed by atoms with van der Waals surface area (Å²) >= 11 is 4.89. The second-order valence-electron chi connectivity index (χ2n) is 4.19. The van der Waals surface area contributed by atoms with Crippen LogP contribution in [0.15, 0.2) is 12.4 Å². The molecule has 1 aromatic heterocycles. The third-order valence-corrected chi connectivity index (χ3v) is 4.74. The minimum Gasteiger partial charge on any atom is -0.388 e. The number of hydrogen-bond acceptors (Lipinski definition) is 6. The highest BCUT2D eigenvalue weighted by atomic mass is 32.2. The van der Waals surface area contributed by atoms with E-state index in [1.807, 2.05) is 0 Å². The van der Waals surface area contributed by atoms with Gasteiger partial charge >= 0.3 is 0 Å². The SMILES string of the molecule is NC(=S)c1nccnc1NC1CCS(=O)(=O)CC1. The summed E-state index contributed by atoms with van der Waals surface area (Å²) in [6, 6.07) is 0.0679. The predicted octanol–water partition coefficient (Wildman–Crippen LogP) is 0.0999. The molecule has 0 spiro atoms. The molecular weight excluding hydrogens is 272 g/mol. The summed E-state index contributed by atoms with van der Waals surface area (Å²) in [6.07, 6.45) is 4.19. The number of thiocarbonyl (C=S) groups is 1. The second kappa shape index (κ2) is 5.15. The van der Waals surface area contributed by atoms with Crippen molar-refractivity contribution in [3.05, 3.63) is 18.1 Å². The molecule has 0 unspecified atom stereocenters. The molecule has 0 aromatic carbocycles. The van der Waals surface area contributed by atoms with Crippen LogP contribution < -0.4 is 11.1 Å². The van der Waals surface area contributed by atoms with Gasteiger partial charge in [-0.2, -0.15) is 0 Å². The average Bonchev–Trinajstić information content (AvgIpc) is 2.32. The van der Waals surface area contributed by atoms with Crippen LogP contribution in [-0.2, 0) is 9.84 Å². The van der Waals surface area contributed by atoms with Crippen molar-refractivity contribution in [2.45, 2.75) is 18.9 Å². The number of rotatable bonds is 3. The molecule has 1 aliphatic heterocycles. The Bertz CT molecular complexity index is 545. The van der Waals surface area contributed by atoms with Crippen LogP contribution in [0.3, 0.4) is 0 Å². The van der Waals surface area contributed by atoms with Crippen molar-refractivity contribution >= 4 is 32.9 Å². The van der Waals surface area contributed by atoms with E-state index in [1.54, 1.807) is 6.20 Å². The highest BCUT2D eigenvalue weighted by molar-refractivity contribution is 7.91. The topological polar surface area (TPSA) is 98.0 Å². The molecule has 3 N–H and O–H groups in total. The van der Waals surface area contributed by atoms with Gasteiger partial charge < -0.3 is 11.1 Å². The predicted molar refractivity (Wildman–Crippen MR) is 73.2 cm³/mol. The zero-order valence-corrected chi connectivity index (χ0v) is 11.3. The quantitative estimate of drug-likeness (QED) is 0.760. The molecule has 0 atom stereocenters. The van der Waals surface area contributed by atoms with Gasteiger partial charge in [0.15, 0.2) is 5.82 Å². The molecule has 0 bridgehead atoms. The lowest BCUT2D eigenvalue weighted by Gasteiger charge is -2.24. The summed E-state index contributed by atoms with van der Waals surface area (Å²) < 4.78 is 22.7. The molecule has 1 fully saturated rings. The molecule has 0 amide bonds. The second-order valence-corrected chi connectivity index (χ2v) is 6.93. The summed E-state index contributed by atoms with van der Waals surface area (Å²) in [7, 11) is -2.86. The van der Waals surface area contributed by atoms with Gasteiger partial charge in [0.25, 0.3) is 0 Å². The summed E-state index contributed by atoms with van der Waals surface area (Å²) in [4.78, 5) is 8.38. The van der Waals surface area contributed by atoms with Gasteiger partial charge in [-0.1, -0.05) is 12.2 Å². The Kier molecular flexibility index (Phi) is 3.76. The van der Waals surface area contributed by atoms with E-state index in [4.69, 9.17) is 18.0 Å². The molecule has 18 heavy (non-hydrogen) atoms. The van der Waals surface area contributed by atoms with Gasteiger partial charge in [-0.05, 0) is 12.8 Å². The van der Waals surface area contributed by atoms with Crippen LogP contribution in [-0.4, -0.2) is 40.9 Å². The average molecular weight is 286 g/mol. The summed E-state index contributed by atoms with van der Waals surface area (Å²) in [5.41, 5.74) is 6.00. The van der Waals surface area contributed by atoms with Crippen LogP contribution in [0.5, 0.6) is 0 Å². The van der Waals surface area contributed by atoms with Crippen molar-refractivity contribution < 1.29 is 8.42 Å². The molecule has 8 heteroatoms. The van der Waals surface area contributed by atoms with E-state index in [0.717, 1.165) is 0 Å². The van der Waals surface area contributed by atoms with Crippen LogP contribution in [0.25, 0.3) is 0 Å². The molecule has 6 nitrogen and oxygen atoms in total. The zero-order chi connectivity index (χ0) is 13.2. The largest absolute Gasteiger partial charge is 0.388 e. The molecule has 1 aromatic rings.